The van der Waals surface area contributed by atoms with Crippen molar-refractivity contribution in [1.29, 1.82) is 0 Å². The number of rotatable bonds is 9. The summed E-state index contributed by atoms with van der Waals surface area (Å²) < 4.78 is 5.40. The summed E-state index contributed by atoms with van der Waals surface area (Å²) >= 11 is 0. The molecule has 1 unspecified atom stereocenters. The minimum atomic E-state index is 0.334. The Morgan fingerprint density at radius 1 is 1.29 bits per heavy atom. The van der Waals surface area contributed by atoms with Crippen LogP contribution in [0.1, 0.15) is 39.0 Å². The standard InChI is InChI=1S/C18H32N4O2/c1-2-3-10-22(17-7-6-8-18(20-23)19-16-17)11-5-4-9-21-12-14-24-15-13-21/h6,8,17H,2-5,7,9-16H2,1H3. The molecule has 0 aromatic heterocycles. The maximum Gasteiger partial charge on any atom is 0.191 e. The van der Waals surface area contributed by atoms with Crippen LogP contribution in [0.2, 0.25) is 0 Å². The highest BCUT2D eigenvalue weighted by molar-refractivity contribution is 5.93. The third-order valence-corrected chi connectivity index (χ3v) is 4.82. The van der Waals surface area contributed by atoms with Gasteiger partial charge in [-0.25, -0.2) is 0 Å². The Bertz CT molecular complexity index is 419. The van der Waals surface area contributed by atoms with Crippen molar-refractivity contribution in [1.82, 2.24) is 9.80 Å². The van der Waals surface area contributed by atoms with Crippen LogP contribution in [0.15, 0.2) is 22.3 Å². The van der Waals surface area contributed by atoms with Crippen molar-refractivity contribution >= 4 is 5.84 Å². The van der Waals surface area contributed by atoms with Gasteiger partial charge in [0.2, 0.25) is 0 Å². The molecular weight excluding hydrogens is 304 g/mol. The van der Waals surface area contributed by atoms with Gasteiger partial charge >= 0.3 is 0 Å². The normalized spacial score (nSPS) is 22.4. The number of hydrogen-bond acceptors (Lipinski definition) is 6. The first-order chi connectivity index (χ1) is 11.8. The first-order valence-electron chi connectivity index (χ1n) is 9.42. The van der Waals surface area contributed by atoms with E-state index in [1.165, 1.54) is 32.2 Å². The largest absolute Gasteiger partial charge is 0.379 e. The van der Waals surface area contributed by atoms with E-state index in [9.17, 15) is 4.91 Å². The van der Waals surface area contributed by atoms with Crippen LogP contribution < -0.4 is 0 Å². The summed E-state index contributed by atoms with van der Waals surface area (Å²) in [6.07, 6.45) is 9.62. The zero-order valence-corrected chi connectivity index (χ0v) is 15.0. The average Bonchev–Trinajstić information content (AvgIpc) is 2.87. The van der Waals surface area contributed by atoms with Gasteiger partial charge in [0, 0.05) is 19.1 Å². The summed E-state index contributed by atoms with van der Waals surface area (Å²) in [5, 5.41) is 2.97. The third kappa shape index (κ3) is 6.79. The van der Waals surface area contributed by atoms with E-state index in [4.69, 9.17) is 4.74 Å². The Kier molecular flexibility index (Phi) is 9.16. The number of aliphatic imine (C=N–C) groups is 1. The smallest absolute Gasteiger partial charge is 0.191 e. The molecule has 2 aliphatic heterocycles. The van der Waals surface area contributed by atoms with E-state index in [1.54, 1.807) is 6.08 Å². The van der Waals surface area contributed by atoms with Gasteiger partial charge in [-0.05, 0) is 56.6 Å². The van der Waals surface area contributed by atoms with Crippen LogP contribution in [0.25, 0.3) is 0 Å². The highest BCUT2D eigenvalue weighted by Crippen LogP contribution is 2.13. The molecule has 0 aliphatic carbocycles. The number of nitrogens with zero attached hydrogens (tertiary/aromatic N) is 4. The van der Waals surface area contributed by atoms with Crippen LogP contribution >= 0.6 is 0 Å². The quantitative estimate of drug-likeness (QED) is 0.480. The van der Waals surface area contributed by atoms with Crippen molar-refractivity contribution in [3.8, 4) is 0 Å². The molecule has 0 amide bonds. The molecule has 2 heterocycles. The Hall–Kier alpha value is -1.11. The highest BCUT2D eigenvalue weighted by atomic mass is 16.5. The summed E-state index contributed by atoms with van der Waals surface area (Å²) in [5.74, 6) is 0.334. The summed E-state index contributed by atoms with van der Waals surface area (Å²) in [6.45, 7) is 10.2. The predicted octanol–water partition coefficient (Wildman–Crippen LogP) is 2.69. The van der Waals surface area contributed by atoms with Gasteiger partial charge < -0.3 is 4.74 Å². The van der Waals surface area contributed by atoms with Crippen molar-refractivity contribution in [3.63, 3.8) is 0 Å². The third-order valence-electron chi connectivity index (χ3n) is 4.82. The zero-order valence-electron chi connectivity index (χ0n) is 15.0. The minimum absolute atomic E-state index is 0.334. The Morgan fingerprint density at radius 2 is 2.08 bits per heavy atom. The van der Waals surface area contributed by atoms with E-state index < -0.39 is 0 Å². The maximum absolute atomic E-state index is 10.7. The number of nitroso groups, excluding NO2 is 1. The molecule has 0 saturated carbocycles. The van der Waals surface area contributed by atoms with Crippen molar-refractivity contribution in [2.75, 3.05) is 52.5 Å². The molecule has 6 heteroatoms. The molecule has 0 N–H and O–H groups in total. The van der Waals surface area contributed by atoms with Crippen LogP contribution in [0, 0.1) is 4.91 Å². The molecule has 136 valence electrons. The van der Waals surface area contributed by atoms with Gasteiger partial charge in [-0.15, -0.1) is 4.91 Å². The fourth-order valence-electron chi connectivity index (χ4n) is 3.29. The van der Waals surface area contributed by atoms with E-state index in [0.29, 0.717) is 18.4 Å². The van der Waals surface area contributed by atoms with Gasteiger partial charge in [0.1, 0.15) is 0 Å². The second-order valence-electron chi connectivity index (χ2n) is 6.63. The average molecular weight is 336 g/mol. The molecule has 0 radical (unpaired) electrons. The van der Waals surface area contributed by atoms with Crippen molar-refractivity contribution in [2.24, 2.45) is 10.2 Å². The van der Waals surface area contributed by atoms with Gasteiger partial charge in [0.15, 0.2) is 5.84 Å². The molecule has 1 saturated heterocycles. The summed E-state index contributed by atoms with van der Waals surface area (Å²) in [7, 11) is 0. The van der Waals surface area contributed by atoms with Crippen LogP contribution in [0.4, 0.5) is 0 Å². The Morgan fingerprint density at radius 3 is 2.83 bits per heavy atom. The number of morpholine rings is 1. The number of unbranched alkanes of at least 4 members (excludes halogenated alkanes) is 2. The molecule has 2 rings (SSSR count). The molecule has 0 aromatic rings. The van der Waals surface area contributed by atoms with Crippen LogP contribution in [0.3, 0.4) is 0 Å². The van der Waals surface area contributed by atoms with Crippen molar-refractivity contribution in [3.05, 3.63) is 17.1 Å². The Balaban J connectivity index is 1.76. The van der Waals surface area contributed by atoms with Crippen LogP contribution in [0.5, 0.6) is 0 Å². The minimum Gasteiger partial charge on any atom is -0.379 e. The summed E-state index contributed by atoms with van der Waals surface area (Å²) in [5.41, 5.74) is 0. The molecule has 1 atom stereocenters. The molecule has 24 heavy (non-hydrogen) atoms. The number of hydrogen-bond donors (Lipinski definition) is 0. The molecule has 0 bridgehead atoms. The topological polar surface area (TPSA) is 57.5 Å². The fraction of sp³-hybridized carbons (Fsp3) is 0.833. The van der Waals surface area contributed by atoms with Crippen LogP contribution in [-0.4, -0.2) is 74.2 Å². The molecule has 2 aliphatic rings. The summed E-state index contributed by atoms with van der Waals surface area (Å²) in [6, 6.07) is 0.399. The molecule has 0 spiro atoms. The number of amidine groups is 1. The lowest BCUT2D eigenvalue weighted by Crippen LogP contribution is -2.39. The van der Waals surface area contributed by atoms with Gasteiger partial charge in [-0.1, -0.05) is 19.4 Å². The fourth-order valence-corrected chi connectivity index (χ4v) is 3.29. The Labute approximate surface area is 145 Å². The van der Waals surface area contributed by atoms with Gasteiger partial charge in [0.25, 0.3) is 0 Å². The van der Waals surface area contributed by atoms with E-state index in [1.807, 2.05) is 6.08 Å². The lowest BCUT2D eigenvalue weighted by molar-refractivity contribution is 0.0367. The van der Waals surface area contributed by atoms with E-state index in [0.717, 1.165) is 45.8 Å². The monoisotopic (exact) mass is 336 g/mol. The van der Waals surface area contributed by atoms with Gasteiger partial charge in [0.05, 0.1) is 19.8 Å². The lowest BCUT2D eigenvalue weighted by atomic mass is 10.1. The highest BCUT2D eigenvalue weighted by Gasteiger charge is 2.18. The number of ether oxygens (including phenoxy) is 1. The summed E-state index contributed by atoms with van der Waals surface area (Å²) in [4.78, 5) is 20.1. The lowest BCUT2D eigenvalue weighted by Gasteiger charge is -2.31. The molecular formula is C18H32N4O2. The second-order valence-corrected chi connectivity index (χ2v) is 6.63. The van der Waals surface area contributed by atoms with Crippen molar-refractivity contribution in [2.45, 2.75) is 45.1 Å². The van der Waals surface area contributed by atoms with Crippen molar-refractivity contribution < 1.29 is 4.74 Å². The SMILES string of the molecule is CCCCN(CCCCN1CCOCC1)C1CC=CC(N=O)=NC1. The first-order valence-corrected chi connectivity index (χ1v) is 9.42. The predicted molar refractivity (Wildman–Crippen MR) is 98.6 cm³/mol. The van der Waals surface area contributed by atoms with E-state index >= 15 is 0 Å². The first kappa shape index (κ1) is 19.2. The molecule has 0 aromatic carbocycles. The van der Waals surface area contributed by atoms with Gasteiger partial charge in [-0.3, -0.25) is 14.8 Å². The zero-order chi connectivity index (χ0) is 17.0. The van der Waals surface area contributed by atoms with Gasteiger partial charge in [-0.2, -0.15) is 0 Å². The molecule has 1 fully saturated rings. The van der Waals surface area contributed by atoms with Crippen LogP contribution in [-0.2, 0) is 4.74 Å². The molecule has 6 nitrogen and oxygen atoms in total. The van der Waals surface area contributed by atoms with E-state index in [-0.39, 0.29) is 0 Å². The maximum atomic E-state index is 10.7. The van der Waals surface area contributed by atoms with E-state index in [2.05, 4.69) is 26.9 Å². The second kappa shape index (κ2) is 11.4.